The van der Waals surface area contributed by atoms with E-state index < -0.39 is 0 Å². The summed E-state index contributed by atoms with van der Waals surface area (Å²) in [6.45, 7) is 3.32. The molecule has 4 rings (SSSR count). The summed E-state index contributed by atoms with van der Waals surface area (Å²) in [6.07, 6.45) is 8.77. The second kappa shape index (κ2) is 6.78. The lowest BCUT2D eigenvalue weighted by atomic mass is 9.90. The van der Waals surface area contributed by atoms with Gasteiger partial charge in [0.25, 0.3) is 5.91 Å². The zero-order valence-electron chi connectivity index (χ0n) is 14.8. The highest BCUT2D eigenvalue weighted by Crippen LogP contribution is 2.38. The number of hydrogen-bond donors (Lipinski definition) is 1. The largest absolute Gasteiger partial charge is 0.361 e. The molecule has 0 radical (unpaired) electrons. The Hall–Kier alpha value is -2.89. The molecular formula is C20H22N4O2. The third-order valence-electron chi connectivity index (χ3n) is 5.26. The number of hydrogen-bond acceptors (Lipinski definition) is 3. The van der Waals surface area contributed by atoms with Gasteiger partial charge < -0.3 is 14.5 Å². The van der Waals surface area contributed by atoms with Gasteiger partial charge in [0.15, 0.2) is 0 Å². The number of imidazole rings is 1. The van der Waals surface area contributed by atoms with Crippen LogP contribution < -0.4 is 0 Å². The molecule has 6 heteroatoms. The van der Waals surface area contributed by atoms with Gasteiger partial charge in [-0.3, -0.25) is 9.59 Å². The van der Waals surface area contributed by atoms with Gasteiger partial charge in [0.1, 0.15) is 0 Å². The van der Waals surface area contributed by atoms with Crippen molar-refractivity contribution in [1.82, 2.24) is 19.4 Å². The maximum atomic E-state index is 12.6. The molecule has 134 valence electrons. The average molecular weight is 350 g/mol. The highest BCUT2D eigenvalue weighted by Gasteiger charge is 2.46. The highest BCUT2D eigenvalue weighted by atomic mass is 16.2. The van der Waals surface area contributed by atoms with Gasteiger partial charge >= 0.3 is 0 Å². The highest BCUT2D eigenvalue weighted by molar-refractivity contribution is 6.39. The van der Waals surface area contributed by atoms with Crippen molar-refractivity contribution >= 4 is 22.6 Å². The minimum atomic E-state index is -0.346. The fourth-order valence-corrected chi connectivity index (χ4v) is 3.95. The van der Waals surface area contributed by atoms with Crippen LogP contribution in [0.4, 0.5) is 0 Å². The maximum Gasteiger partial charge on any atom is 0.290 e. The number of carbonyl (C=O) groups is 2. The topological polar surface area (TPSA) is 71.0 Å². The molecule has 2 aromatic heterocycles. The van der Waals surface area contributed by atoms with Crippen molar-refractivity contribution in [3.05, 3.63) is 54.7 Å². The standard InChI is InChI=1S/C20H22N4O2/c1-2-16-18(15-4-5-17-14(12-15)6-7-22-17)24(20(26)19(16)25)10-3-9-23-11-8-21-13-23/h4-8,11-13,16,18,22H,2-3,9-10H2,1H3. The van der Waals surface area contributed by atoms with Crippen molar-refractivity contribution in [2.75, 3.05) is 6.54 Å². The van der Waals surface area contributed by atoms with Crippen LogP contribution in [0.2, 0.25) is 0 Å². The van der Waals surface area contributed by atoms with Crippen LogP contribution >= 0.6 is 0 Å². The van der Waals surface area contributed by atoms with Crippen molar-refractivity contribution in [1.29, 1.82) is 0 Å². The number of Topliss-reactive ketones (excluding diaryl/α,β-unsaturated/α-hetero) is 1. The second-order valence-corrected chi connectivity index (χ2v) is 6.80. The first kappa shape index (κ1) is 16.6. The molecule has 1 fully saturated rings. The lowest BCUT2D eigenvalue weighted by Gasteiger charge is -2.27. The molecule has 26 heavy (non-hydrogen) atoms. The number of rotatable bonds is 6. The molecule has 1 amide bonds. The van der Waals surface area contributed by atoms with Gasteiger partial charge in [-0.2, -0.15) is 0 Å². The number of ketones is 1. The Bertz CT molecular complexity index is 928. The number of carbonyl (C=O) groups excluding carboxylic acids is 2. The van der Waals surface area contributed by atoms with Crippen LogP contribution in [0.5, 0.6) is 0 Å². The van der Waals surface area contributed by atoms with Gasteiger partial charge in [-0.05, 0) is 42.0 Å². The molecule has 2 atom stereocenters. The summed E-state index contributed by atoms with van der Waals surface area (Å²) in [5, 5.41) is 1.10. The number of aromatic nitrogens is 3. The first-order valence-electron chi connectivity index (χ1n) is 9.06. The van der Waals surface area contributed by atoms with E-state index in [0.717, 1.165) is 29.4 Å². The Morgan fingerprint density at radius 3 is 2.85 bits per heavy atom. The number of fused-ring (bicyclic) bond motifs is 1. The number of H-pyrrole nitrogens is 1. The smallest absolute Gasteiger partial charge is 0.290 e. The summed E-state index contributed by atoms with van der Waals surface area (Å²) in [6, 6.07) is 7.98. The molecule has 1 saturated heterocycles. The first-order chi connectivity index (χ1) is 12.7. The zero-order chi connectivity index (χ0) is 18.1. The van der Waals surface area contributed by atoms with Crippen molar-refractivity contribution in [3.8, 4) is 0 Å². The number of aryl methyl sites for hydroxylation is 1. The molecule has 2 unspecified atom stereocenters. The van der Waals surface area contributed by atoms with E-state index in [1.165, 1.54) is 0 Å². The van der Waals surface area contributed by atoms with Gasteiger partial charge in [-0.25, -0.2) is 4.98 Å². The van der Waals surface area contributed by atoms with Crippen LogP contribution in [0.15, 0.2) is 49.2 Å². The van der Waals surface area contributed by atoms with E-state index >= 15 is 0 Å². The number of amides is 1. The fourth-order valence-electron chi connectivity index (χ4n) is 3.95. The first-order valence-corrected chi connectivity index (χ1v) is 9.06. The quantitative estimate of drug-likeness (QED) is 0.695. The van der Waals surface area contributed by atoms with E-state index in [2.05, 4.69) is 16.0 Å². The predicted molar refractivity (Wildman–Crippen MR) is 98.4 cm³/mol. The van der Waals surface area contributed by atoms with Crippen LogP contribution in [-0.2, 0) is 16.1 Å². The second-order valence-electron chi connectivity index (χ2n) is 6.80. The van der Waals surface area contributed by atoms with Crippen LogP contribution in [0.1, 0.15) is 31.4 Å². The van der Waals surface area contributed by atoms with E-state index in [9.17, 15) is 9.59 Å². The summed E-state index contributed by atoms with van der Waals surface area (Å²) in [5.74, 6) is -0.872. The summed E-state index contributed by atoms with van der Waals surface area (Å²) in [7, 11) is 0. The third kappa shape index (κ3) is 2.81. The minimum Gasteiger partial charge on any atom is -0.361 e. The SMILES string of the molecule is CCC1C(=O)C(=O)N(CCCn2ccnc2)C1c1ccc2[nH]ccc2c1. The van der Waals surface area contributed by atoms with Crippen molar-refractivity contribution < 1.29 is 9.59 Å². The molecule has 3 aromatic rings. The number of nitrogens with one attached hydrogen (secondary N) is 1. The lowest BCUT2D eigenvalue weighted by Crippen LogP contribution is -2.31. The molecule has 0 saturated carbocycles. The minimum absolute atomic E-state index is 0.179. The Labute approximate surface area is 151 Å². The number of aromatic amines is 1. The molecule has 1 aliphatic rings. The number of benzene rings is 1. The Morgan fingerprint density at radius 2 is 2.08 bits per heavy atom. The molecular weight excluding hydrogens is 328 g/mol. The van der Waals surface area contributed by atoms with Crippen molar-refractivity contribution in [2.24, 2.45) is 5.92 Å². The third-order valence-corrected chi connectivity index (χ3v) is 5.26. The summed E-state index contributed by atoms with van der Waals surface area (Å²) < 4.78 is 1.99. The van der Waals surface area contributed by atoms with E-state index in [-0.39, 0.29) is 23.7 Å². The predicted octanol–water partition coefficient (Wildman–Crippen LogP) is 2.93. The molecule has 1 aliphatic heterocycles. The summed E-state index contributed by atoms with van der Waals surface area (Å²) in [5.41, 5.74) is 2.09. The molecule has 3 heterocycles. The normalized spacial score (nSPS) is 20.4. The molecule has 1 aromatic carbocycles. The van der Waals surface area contributed by atoms with Crippen LogP contribution in [-0.4, -0.2) is 37.7 Å². The summed E-state index contributed by atoms with van der Waals surface area (Å²) >= 11 is 0. The van der Waals surface area contributed by atoms with Gasteiger partial charge in [-0.15, -0.1) is 0 Å². The fraction of sp³-hybridized carbons (Fsp3) is 0.350. The van der Waals surface area contributed by atoms with E-state index in [0.29, 0.717) is 13.0 Å². The summed E-state index contributed by atoms with van der Waals surface area (Å²) in [4.78, 5) is 34.1. The van der Waals surface area contributed by atoms with Gasteiger partial charge in [0, 0.05) is 37.2 Å². The maximum absolute atomic E-state index is 12.6. The van der Waals surface area contributed by atoms with Gasteiger partial charge in [-0.1, -0.05) is 13.0 Å². The average Bonchev–Trinajstić information content (AvgIpc) is 3.37. The molecule has 0 bridgehead atoms. The van der Waals surface area contributed by atoms with Crippen molar-refractivity contribution in [3.63, 3.8) is 0 Å². The molecule has 6 nitrogen and oxygen atoms in total. The van der Waals surface area contributed by atoms with E-state index in [1.807, 2.05) is 42.1 Å². The van der Waals surface area contributed by atoms with Crippen LogP contribution in [0.3, 0.4) is 0 Å². The monoisotopic (exact) mass is 350 g/mol. The lowest BCUT2D eigenvalue weighted by molar-refractivity contribution is -0.141. The van der Waals surface area contributed by atoms with E-state index in [1.54, 1.807) is 17.4 Å². The molecule has 0 spiro atoms. The molecule has 1 N–H and O–H groups in total. The van der Waals surface area contributed by atoms with E-state index in [4.69, 9.17) is 0 Å². The van der Waals surface area contributed by atoms with Crippen LogP contribution in [0.25, 0.3) is 10.9 Å². The number of nitrogens with zero attached hydrogens (tertiary/aromatic N) is 3. The Morgan fingerprint density at radius 1 is 1.19 bits per heavy atom. The Kier molecular flexibility index (Phi) is 4.32. The van der Waals surface area contributed by atoms with Gasteiger partial charge in [0.05, 0.1) is 18.3 Å². The Balaban J connectivity index is 1.60. The molecule has 0 aliphatic carbocycles. The zero-order valence-corrected chi connectivity index (χ0v) is 14.8. The van der Waals surface area contributed by atoms with Crippen LogP contribution in [0, 0.1) is 5.92 Å². The van der Waals surface area contributed by atoms with Gasteiger partial charge in [0.2, 0.25) is 5.78 Å². The number of likely N-dealkylation sites (tertiary alicyclic amines) is 1. The van der Waals surface area contributed by atoms with Crippen molar-refractivity contribution in [2.45, 2.75) is 32.4 Å².